The molecule has 0 spiro atoms. The molecule has 9 heteroatoms. The number of rotatable bonds is 6. The van der Waals surface area contributed by atoms with Gasteiger partial charge < -0.3 is 15.4 Å². The van der Waals surface area contributed by atoms with Crippen molar-refractivity contribution in [3.05, 3.63) is 53.2 Å². The van der Waals surface area contributed by atoms with Crippen LogP contribution in [-0.4, -0.2) is 34.2 Å². The SMILES string of the molecule is Cc1nc(N[C@H](C)c2cccc(C(F)F)c2F)c2cc(N[C@H]3CCOC3)cnc2n1. The van der Waals surface area contributed by atoms with Crippen molar-refractivity contribution in [2.45, 2.75) is 38.8 Å². The van der Waals surface area contributed by atoms with E-state index in [-0.39, 0.29) is 11.6 Å². The summed E-state index contributed by atoms with van der Waals surface area (Å²) in [7, 11) is 0. The molecule has 0 bridgehead atoms. The molecule has 0 radical (unpaired) electrons. The maximum absolute atomic E-state index is 14.6. The number of alkyl halides is 2. The van der Waals surface area contributed by atoms with E-state index in [1.165, 1.54) is 12.1 Å². The zero-order valence-corrected chi connectivity index (χ0v) is 16.6. The number of halogens is 3. The largest absolute Gasteiger partial charge is 0.379 e. The fourth-order valence-electron chi connectivity index (χ4n) is 3.55. The van der Waals surface area contributed by atoms with E-state index in [9.17, 15) is 13.2 Å². The molecule has 1 aliphatic heterocycles. The van der Waals surface area contributed by atoms with E-state index in [4.69, 9.17) is 4.74 Å². The van der Waals surface area contributed by atoms with Crippen molar-refractivity contribution in [3.8, 4) is 0 Å². The number of nitrogens with one attached hydrogen (secondary N) is 2. The summed E-state index contributed by atoms with van der Waals surface area (Å²) in [5.41, 5.74) is 0.818. The zero-order valence-electron chi connectivity index (χ0n) is 16.6. The van der Waals surface area contributed by atoms with Crippen molar-refractivity contribution in [2.75, 3.05) is 23.8 Å². The Morgan fingerprint density at radius 3 is 2.73 bits per heavy atom. The van der Waals surface area contributed by atoms with E-state index in [2.05, 4.69) is 25.6 Å². The molecule has 1 aliphatic rings. The summed E-state index contributed by atoms with van der Waals surface area (Å²) < 4.78 is 46.1. The van der Waals surface area contributed by atoms with Crippen LogP contribution in [0.2, 0.25) is 0 Å². The Labute approximate surface area is 171 Å². The van der Waals surface area contributed by atoms with Gasteiger partial charge in [0.25, 0.3) is 6.43 Å². The monoisotopic (exact) mass is 417 g/mol. The average molecular weight is 417 g/mol. The van der Waals surface area contributed by atoms with Gasteiger partial charge >= 0.3 is 0 Å². The second kappa shape index (κ2) is 8.43. The molecule has 30 heavy (non-hydrogen) atoms. The minimum absolute atomic E-state index is 0.141. The van der Waals surface area contributed by atoms with Crippen LogP contribution in [0.5, 0.6) is 0 Å². The molecule has 1 saturated heterocycles. The van der Waals surface area contributed by atoms with Crippen molar-refractivity contribution in [3.63, 3.8) is 0 Å². The van der Waals surface area contributed by atoms with Crippen LogP contribution in [0, 0.1) is 12.7 Å². The molecule has 0 amide bonds. The highest BCUT2D eigenvalue weighted by Gasteiger charge is 2.21. The summed E-state index contributed by atoms with van der Waals surface area (Å²) in [5.74, 6) is 0.0476. The van der Waals surface area contributed by atoms with Gasteiger partial charge in [0.1, 0.15) is 17.5 Å². The fraction of sp³-hybridized carbons (Fsp3) is 0.381. The van der Waals surface area contributed by atoms with Crippen molar-refractivity contribution in [2.24, 2.45) is 0 Å². The maximum Gasteiger partial charge on any atom is 0.266 e. The van der Waals surface area contributed by atoms with E-state index in [1.54, 1.807) is 20.0 Å². The number of ether oxygens (including phenoxy) is 1. The molecule has 158 valence electrons. The predicted octanol–water partition coefficient (Wildman–Crippen LogP) is 4.78. The molecule has 3 heterocycles. The van der Waals surface area contributed by atoms with Crippen LogP contribution < -0.4 is 10.6 Å². The van der Waals surface area contributed by atoms with Gasteiger partial charge in [0, 0.05) is 12.2 Å². The summed E-state index contributed by atoms with van der Waals surface area (Å²) in [6.45, 7) is 4.78. The van der Waals surface area contributed by atoms with Gasteiger partial charge in [-0.15, -0.1) is 0 Å². The van der Waals surface area contributed by atoms with Crippen molar-refractivity contribution in [1.82, 2.24) is 15.0 Å². The summed E-state index contributed by atoms with van der Waals surface area (Å²) >= 11 is 0. The predicted molar refractivity (Wildman–Crippen MR) is 108 cm³/mol. The second-order valence-corrected chi connectivity index (χ2v) is 7.34. The van der Waals surface area contributed by atoms with Gasteiger partial charge in [0.05, 0.1) is 41.5 Å². The quantitative estimate of drug-likeness (QED) is 0.601. The second-order valence-electron chi connectivity index (χ2n) is 7.34. The first-order chi connectivity index (χ1) is 14.4. The van der Waals surface area contributed by atoms with E-state index in [1.807, 2.05) is 6.07 Å². The van der Waals surface area contributed by atoms with E-state index >= 15 is 0 Å². The molecule has 0 saturated carbocycles. The van der Waals surface area contributed by atoms with Gasteiger partial charge in [-0.1, -0.05) is 18.2 Å². The fourth-order valence-corrected chi connectivity index (χ4v) is 3.55. The van der Waals surface area contributed by atoms with E-state index in [0.29, 0.717) is 35.9 Å². The van der Waals surface area contributed by atoms with Gasteiger partial charge in [-0.3, -0.25) is 0 Å². The first kappa shape index (κ1) is 20.3. The highest BCUT2D eigenvalue weighted by Crippen LogP contribution is 2.30. The Morgan fingerprint density at radius 2 is 2.00 bits per heavy atom. The van der Waals surface area contributed by atoms with Gasteiger partial charge in [-0.05, 0) is 26.3 Å². The number of aromatic nitrogens is 3. The summed E-state index contributed by atoms with van der Waals surface area (Å²) in [5, 5.41) is 7.17. The van der Waals surface area contributed by atoms with E-state index in [0.717, 1.165) is 18.2 Å². The number of pyridine rings is 1. The number of nitrogens with zero attached hydrogens (tertiary/aromatic N) is 3. The van der Waals surface area contributed by atoms with Crippen molar-refractivity contribution >= 4 is 22.5 Å². The third-order valence-electron chi connectivity index (χ3n) is 5.08. The summed E-state index contributed by atoms with van der Waals surface area (Å²) in [6, 6.07) is 5.49. The summed E-state index contributed by atoms with van der Waals surface area (Å²) in [4.78, 5) is 13.2. The lowest BCUT2D eigenvalue weighted by atomic mass is 10.0. The third-order valence-corrected chi connectivity index (χ3v) is 5.08. The van der Waals surface area contributed by atoms with Crippen molar-refractivity contribution in [1.29, 1.82) is 0 Å². The average Bonchev–Trinajstić information content (AvgIpc) is 3.21. The number of benzene rings is 1. The molecule has 2 N–H and O–H groups in total. The van der Waals surface area contributed by atoms with Gasteiger partial charge in [-0.2, -0.15) is 0 Å². The molecule has 2 aromatic heterocycles. The molecule has 2 atom stereocenters. The lowest BCUT2D eigenvalue weighted by Crippen LogP contribution is -2.19. The molecule has 1 fully saturated rings. The summed E-state index contributed by atoms with van der Waals surface area (Å²) in [6.07, 6.45) is -0.271. The van der Waals surface area contributed by atoms with Gasteiger partial charge in [0.15, 0.2) is 5.65 Å². The van der Waals surface area contributed by atoms with Crippen LogP contribution in [0.3, 0.4) is 0 Å². The smallest absolute Gasteiger partial charge is 0.266 e. The number of fused-ring (bicyclic) bond motifs is 1. The standard InChI is InChI=1S/C21H22F3N5O/c1-11(15-4-3-5-16(18(15)22)19(23)24)26-21-17-8-14(29-13-6-7-30-10-13)9-25-20(17)27-12(2)28-21/h3-5,8-9,11,13,19,29H,6-7,10H2,1-2H3,(H,25,26,27,28)/t11-,13+/m1/s1. The van der Waals surface area contributed by atoms with Crippen LogP contribution in [0.15, 0.2) is 30.5 Å². The van der Waals surface area contributed by atoms with E-state index < -0.39 is 23.8 Å². The molecule has 1 aromatic carbocycles. The van der Waals surface area contributed by atoms with Crippen LogP contribution in [0.4, 0.5) is 24.7 Å². The van der Waals surface area contributed by atoms with Gasteiger partial charge in [-0.25, -0.2) is 28.1 Å². The highest BCUT2D eigenvalue weighted by molar-refractivity contribution is 5.89. The number of aryl methyl sites for hydroxylation is 1. The maximum atomic E-state index is 14.6. The molecule has 6 nitrogen and oxygen atoms in total. The topological polar surface area (TPSA) is 72.0 Å². The Kier molecular flexibility index (Phi) is 5.72. The minimum Gasteiger partial charge on any atom is -0.379 e. The van der Waals surface area contributed by atoms with Crippen molar-refractivity contribution < 1.29 is 17.9 Å². The lowest BCUT2D eigenvalue weighted by molar-refractivity contribution is 0.146. The van der Waals surface area contributed by atoms with Gasteiger partial charge in [0.2, 0.25) is 0 Å². The van der Waals surface area contributed by atoms with Crippen LogP contribution in [-0.2, 0) is 4.74 Å². The zero-order chi connectivity index (χ0) is 21.3. The number of hydrogen-bond acceptors (Lipinski definition) is 6. The molecule has 3 aromatic rings. The lowest BCUT2D eigenvalue weighted by Gasteiger charge is -2.19. The Bertz CT molecular complexity index is 1060. The molecule has 0 aliphatic carbocycles. The minimum atomic E-state index is -2.88. The molecule has 4 rings (SSSR count). The molecular formula is C21H22F3N5O. The Balaban J connectivity index is 1.66. The number of anilines is 2. The Hall–Kier alpha value is -2.94. The first-order valence-electron chi connectivity index (χ1n) is 9.74. The highest BCUT2D eigenvalue weighted by atomic mass is 19.3. The Morgan fingerprint density at radius 1 is 1.20 bits per heavy atom. The van der Waals surface area contributed by atoms with Crippen LogP contribution in [0.25, 0.3) is 11.0 Å². The molecular weight excluding hydrogens is 395 g/mol. The third kappa shape index (κ3) is 4.16. The molecule has 0 unspecified atom stereocenters. The van der Waals surface area contributed by atoms with Crippen LogP contribution >= 0.6 is 0 Å². The van der Waals surface area contributed by atoms with Crippen LogP contribution in [0.1, 0.15) is 42.8 Å². The first-order valence-corrected chi connectivity index (χ1v) is 9.74. The number of hydrogen-bond donors (Lipinski definition) is 2. The normalized spacial score (nSPS) is 17.5.